The molecule has 2 amide bonds. The Morgan fingerprint density at radius 1 is 1.22 bits per heavy atom. The topological polar surface area (TPSA) is 61.4 Å². The second-order valence-corrected chi connectivity index (χ2v) is 6.20. The van der Waals surface area contributed by atoms with Crippen molar-refractivity contribution in [2.45, 2.75) is 58.1 Å². The van der Waals surface area contributed by atoms with Crippen LogP contribution < -0.4 is 10.6 Å². The summed E-state index contributed by atoms with van der Waals surface area (Å²) >= 11 is 0. The van der Waals surface area contributed by atoms with Crippen LogP contribution >= 0.6 is 0 Å². The van der Waals surface area contributed by atoms with Gasteiger partial charge in [-0.15, -0.1) is 0 Å². The standard InChI is InChI=1S/C14H26N2O2/c1-9(2)12(17)7-8-15-14(18)16-13(10-3-4-10)11-5-6-11/h9-13,17H,3-8H2,1-2H3,(H2,15,16,18). The van der Waals surface area contributed by atoms with Gasteiger partial charge in [0, 0.05) is 12.6 Å². The highest BCUT2D eigenvalue weighted by Gasteiger charge is 2.42. The minimum absolute atomic E-state index is 0.0604. The first kappa shape index (κ1) is 13.7. The Kier molecular flexibility index (Phi) is 4.49. The van der Waals surface area contributed by atoms with Gasteiger partial charge in [-0.05, 0) is 49.9 Å². The molecule has 2 saturated carbocycles. The van der Waals surface area contributed by atoms with Crippen LogP contribution in [0.1, 0.15) is 46.0 Å². The second kappa shape index (κ2) is 5.91. The van der Waals surface area contributed by atoms with Crippen molar-refractivity contribution in [3.8, 4) is 0 Å². The zero-order chi connectivity index (χ0) is 13.1. The maximum atomic E-state index is 11.8. The molecule has 2 fully saturated rings. The molecule has 0 heterocycles. The van der Waals surface area contributed by atoms with Gasteiger partial charge in [-0.2, -0.15) is 0 Å². The zero-order valence-electron chi connectivity index (χ0n) is 11.5. The number of nitrogens with one attached hydrogen (secondary N) is 2. The summed E-state index contributed by atoms with van der Waals surface area (Å²) in [6, 6.07) is 0.342. The third kappa shape index (κ3) is 4.16. The van der Waals surface area contributed by atoms with E-state index in [1.807, 2.05) is 13.8 Å². The van der Waals surface area contributed by atoms with E-state index in [1.54, 1.807) is 0 Å². The van der Waals surface area contributed by atoms with Gasteiger partial charge in [0.05, 0.1) is 6.10 Å². The number of aliphatic hydroxyl groups excluding tert-OH is 1. The third-order valence-corrected chi connectivity index (χ3v) is 4.05. The lowest BCUT2D eigenvalue weighted by molar-refractivity contribution is 0.116. The van der Waals surface area contributed by atoms with Gasteiger partial charge in [-0.3, -0.25) is 0 Å². The SMILES string of the molecule is CC(C)C(O)CCNC(=O)NC(C1CC1)C1CC1. The Hall–Kier alpha value is -0.770. The lowest BCUT2D eigenvalue weighted by atomic mass is 10.0. The van der Waals surface area contributed by atoms with E-state index in [4.69, 9.17) is 0 Å². The molecule has 1 unspecified atom stereocenters. The van der Waals surface area contributed by atoms with Gasteiger partial charge >= 0.3 is 6.03 Å². The highest BCUT2D eigenvalue weighted by atomic mass is 16.3. The summed E-state index contributed by atoms with van der Waals surface area (Å²) in [5, 5.41) is 15.6. The van der Waals surface area contributed by atoms with Gasteiger partial charge in [-0.1, -0.05) is 13.8 Å². The third-order valence-electron chi connectivity index (χ3n) is 4.05. The van der Waals surface area contributed by atoms with Gasteiger partial charge in [0.1, 0.15) is 0 Å². The molecule has 0 bridgehead atoms. The Bertz CT molecular complexity index is 274. The molecular weight excluding hydrogens is 228 g/mol. The first-order valence-corrected chi connectivity index (χ1v) is 7.30. The molecule has 0 aromatic carbocycles. The van der Waals surface area contributed by atoms with Gasteiger partial charge < -0.3 is 15.7 Å². The molecule has 104 valence electrons. The maximum absolute atomic E-state index is 11.8. The van der Waals surface area contributed by atoms with Crippen molar-refractivity contribution in [2.75, 3.05) is 6.54 Å². The van der Waals surface area contributed by atoms with Crippen molar-refractivity contribution < 1.29 is 9.90 Å². The van der Waals surface area contributed by atoms with Crippen LogP contribution in [-0.4, -0.2) is 29.8 Å². The smallest absolute Gasteiger partial charge is 0.315 e. The summed E-state index contributed by atoms with van der Waals surface area (Å²) in [5.74, 6) is 1.70. The monoisotopic (exact) mass is 254 g/mol. The van der Waals surface area contributed by atoms with E-state index in [9.17, 15) is 9.90 Å². The summed E-state index contributed by atoms with van der Waals surface area (Å²) in [6.07, 6.45) is 5.39. The van der Waals surface area contributed by atoms with Crippen molar-refractivity contribution in [2.24, 2.45) is 17.8 Å². The summed E-state index contributed by atoms with van der Waals surface area (Å²) in [4.78, 5) is 11.8. The molecule has 2 rings (SSSR count). The number of hydrogen-bond donors (Lipinski definition) is 3. The van der Waals surface area contributed by atoms with E-state index in [-0.39, 0.29) is 18.1 Å². The summed E-state index contributed by atoms with van der Waals surface area (Å²) in [5.41, 5.74) is 0. The fraction of sp³-hybridized carbons (Fsp3) is 0.929. The first-order valence-electron chi connectivity index (χ1n) is 7.30. The van der Waals surface area contributed by atoms with Crippen LogP contribution in [0.5, 0.6) is 0 Å². The molecule has 0 aromatic heterocycles. The maximum Gasteiger partial charge on any atom is 0.315 e. The molecule has 0 spiro atoms. The predicted octanol–water partition coefficient (Wildman–Crippen LogP) is 1.88. The largest absolute Gasteiger partial charge is 0.393 e. The average molecular weight is 254 g/mol. The normalized spacial score (nSPS) is 21.2. The van der Waals surface area contributed by atoms with Crippen LogP contribution in [-0.2, 0) is 0 Å². The molecular formula is C14H26N2O2. The number of rotatable bonds is 7. The van der Waals surface area contributed by atoms with Crippen molar-refractivity contribution in [1.82, 2.24) is 10.6 Å². The number of urea groups is 1. The van der Waals surface area contributed by atoms with Crippen LogP contribution in [0.2, 0.25) is 0 Å². The van der Waals surface area contributed by atoms with E-state index >= 15 is 0 Å². The molecule has 1 atom stereocenters. The minimum atomic E-state index is -0.326. The van der Waals surface area contributed by atoms with Crippen molar-refractivity contribution >= 4 is 6.03 Å². The van der Waals surface area contributed by atoms with Crippen molar-refractivity contribution in [3.63, 3.8) is 0 Å². The molecule has 4 nitrogen and oxygen atoms in total. The summed E-state index contributed by atoms with van der Waals surface area (Å²) < 4.78 is 0. The van der Waals surface area contributed by atoms with Gasteiger partial charge in [0.25, 0.3) is 0 Å². The van der Waals surface area contributed by atoms with E-state index in [0.29, 0.717) is 19.0 Å². The number of aliphatic hydroxyl groups is 1. The van der Waals surface area contributed by atoms with Gasteiger partial charge in [0.2, 0.25) is 0 Å². The first-order chi connectivity index (χ1) is 8.58. The molecule has 18 heavy (non-hydrogen) atoms. The highest BCUT2D eigenvalue weighted by molar-refractivity contribution is 5.74. The highest BCUT2D eigenvalue weighted by Crippen LogP contribution is 2.44. The lowest BCUT2D eigenvalue weighted by Gasteiger charge is -2.19. The predicted molar refractivity (Wildman–Crippen MR) is 71.2 cm³/mol. The summed E-state index contributed by atoms with van der Waals surface area (Å²) in [6.45, 7) is 4.52. The molecule has 2 aliphatic carbocycles. The van der Waals surface area contributed by atoms with Crippen LogP contribution in [0.4, 0.5) is 4.79 Å². The quantitative estimate of drug-likeness (QED) is 0.649. The van der Waals surface area contributed by atoms with Crippen molar-refractivity contribution in [3.05, 3.63) is 0 Å². The fourth-order valence-electron chi connectivity index (χ4n) is 2.40. The molecule has 2 aliphatic rings. The fourth-order valence-corrected chi connectivity index (χ4v) is 2.40. The lowest BCUT2D eigenvalue weighted by Crippen LogP contribution is -2.45. The van der Waals surface area contributed by atoms with Gasteiger partial charge in [-0.25, -0.2) is 4.79 Å². The zero-order valence-corrected chi connectivity index (χ0v) is 11.5. The second-order valence-electron chi connectivity index (χ2n) is 6.20. The van der Waals surface area contributed by atoms with Crippen LogP contribution in [0.3, 0.4) is 0 Å². The number of carbonyl (C=O) groups excluding carboxylic acids is 1. The number of hydrogen-bond acceptors (Lipinski definition) is 2. The van der Waals surface area contributed by atoms with E-state index in [0.717, 1.165) is 11.8 Å². The molecule has 3 N–H and O–H groups in total. The van der Waals surface area contributed by atoms with Gasteiger partial charge in [0.15, 0.2) is 0 Å². The number of amides is 2. The molecule has 0 aromatic rings. The molecule has 4 heteroatoms. The van der Waals surface area contributed by atoms with E-state index in [2.05, 4.69) is 10.6 Å². The molecule has 0 saturated heterocycles. The Morgan fingerprint density at radius 2 is 1.78 bits per heavy atom. The van der Waals surface area contributed by atoms with E-state index in [1.165, 1.54) is 25.7 Å². The van der Waals surface area contributed by atoms with Crippen molar-refractivity contribution in [1.29, 1.82) is 0 Å². The Labute approximate surface area is 110 Å². The van der Waals surface area contributed by atoms with Crippen LogP contribution in [0.15, 0.2) is 0 Å². The minimum Gasteiger partial charge on any atom is -0.393 e. The Balaban J connectivity index is 1.62. The number of carbonyl (C=O) groups is 1. The van der Waals surface area contributed by atoms with Crippen LogP contribution in [0.25, 0.3) is 0 Å². The Morgan fingerprint density at radius 3 is 2.22 bits per heavy atom. The molecule has 0 aliphatic heterocycles. The average Bonchev–Trinajstić information content (AvgIpc) is 3.16. The molecule has 0 radical (unpaired) electrons. The summed E-state index contributed by atoms with van der Waals surface area (Å²) in [7, 11) is 0. The van der Waals surface area contributed by atoms with E-state index < -0.39 is 0 Å². The van der Waals surface area contributed by atoms with Crippen LogP contribution in [0, 0.1) is 17.8 Å².